The number of nitrogens with two attached hydrogens (primary N) is 1. The summed E-state index contributed by atoms with van der Waals surface area (Å²) in [6, 6.07) is 8.49. The zero-order valence-corrected chi connectivity index (χ0v) is 12.4. The molecule has 7 nitrogen and oxygen atoms in total. The fourth-order valence-corrected chi connectivity index (χ4v) is 2.36. The summed E-state index contributed by atoms with van der Waals surface area (Å²) >= 11 is 0. The summed E-state index contributed by atoms with van der Waals surface area (Å²) in [6.45, 7) is 0. The van der Waals surface area contributed by atoms with Crippen LogP contribution in [-0.2, 0) is 0 Å². The Morgan fingerprint density at radius 1 is 1.42 bits per heavy atom. The van der Waals surface area contributed by atoms with Crippen LogP contribution in [-0.4, -0.2) is 33.3 Å². The maximum Gasteiger partial charge on any atom is 0.345 e. The molecule has 0 bridgehead atoms. The lowest BCUT2D eigenvalue weighted by atomic mass is 9.94. The van der Waals surface area contributed by atoms with Crippen LogP contribution in [0.5, 0.6) is 5.88 Å². The lowest BCUT2D eigenvalue weighted by Crippen LogP contribution is -2.35. The van der Waals surface area contributed by atoms with Crippen molar-refractivity contribution in [3.8, 4) is 23.3 Å². The fourth-order valence-electron chi connectivity index (χ4n) is 2.36. The molecule has 1 heterocycles. The van der Waals surface area contributed by atoms with Crippen molar-refractivity contribution in [3.63, 3.8) is 0 Å². The Bertz CT molecular complexity index is 844. The van der Waals surface area contributed by atoms with E-state index in [1.807, 2.05) is 6.07 Å². The van der Waals surface area contributed by atoms with Gasteiger partial charge in [-0.2, -0.15) is 10.2 Å². The van der Waals surface area contributed by atoms with Gasteiger partial charge in [-0.25, -0.2) is 14.2 Å². The number of hydrogen-bond acceptors (Lipinski definition) is 6. The molecule has 3 N–H and O–H groups in total. The molecule has 1 aliphatic rings. The van der Waals surface area contributed by atoms with E-state index in [0.29, 0.717) is 11.1 Å². The summed E-state index contributed by atoms with van der Waals surface area (Å²) in [7, 11) is 0. The van der Waals surface area contributed by atoms with Crippen molar-refractivity contribution in [1.82, 2.24) is 9.97 Å². The standard InChI is InChI=1S/C16H13FN4O3/c17-10-5-11(6-10)24-15-12(16(22)23)13(19)20-14(21-15)9-3-1-2-8(4-9)7-18/h1-4,10-11H,5-6H2,(H,22,23)(H2,19,20,21)/t10-,11+. The normalized spacial score (nSPS) is 19.2. The van der Waals surface area contributed by atoms with E-state index in [4.69, 9.17) is 15.7 Å². The minimum Gasteiger partial charge on any atom is -0.477 e. The minimum absolute atomic E-state index is 0.140. The van der Waals surface area contributed by atoms with Crippen molar-refractivity contribution < 1.29 is 19.0 Å². The van der Waals surface area contributed by atoms with Gasteiger partial charge in [0, 0.05) is 18.4 Å². The Morgan fingerprint density at radius 3 is 2.79 bits per heavy atom. The number of carboxylic acid groups (broad SMARTS) is 1. The number of benzene rings is 1. The fraction of sp³-hybridized carbons (Fsp3) is 0.250. The van der Waals surface area contributed by atoms with Crippen molar-refractivity contribution in [3.05, 3.63) is 35.4 Å². The van der Waals surface area contributed by atoms with E-state index in [1.54, 1.807) is 24.3 Å². The summed E-state index contributed by atoms with van der Waals surface area (Å²) in [5, 5.41) is 18.3. The number of anilines is 1. The molecule has 0 amide bonds. The highest BCUT2D eigenvalue weighted by Crippen LogP contribution is 2.32. The van der Waals surface area contributed by atoms with Crippen molar-refractivity contribution in [2.75, 3.05) is 5.73 Å². The zero-order chi connectivity index (χ0) is 17.3. The summed E-state index contributed by atoms with van der Waals surface area (Å²) in [5.74, 6) is -1.62. The number of aromatic nitrogens is 2. The molecule has 1 aromatic carbocycles. The van der Waals surface area contributed by atoms with Crippen LogP contribution >= 0.6 is 0 Å². The quantitative estimate of drug-likeness (QED) is 0.881. The second kappa shape index (κ2) is 6.12. The molecule has 0 atom stereocenters. The average molecular weight is 328 g/mol. The van der Waals surface area contributed by atoms with E-state index in [0.717, 1.165) is 0 Å². The Hall–Kier alpha value is -3.21. The molecule has 0 aliphatic heterocycles. The highest BCUT2D eigenvalue weighted by Gasteiger charge is 2.33. The maximum atomic E-state index is 13.0. The molecule has 2 aromatic rings. The number of rotatable bonds is 4. The van der Waals surface area contributed by atoms with E-state index in [2.05, 4.69) is 9.97 Å². The van der Waals surface area contributed by atoms with Crippen LogP contribution in [0.4, 0.5) is 10.2 Å². The number of hydrogen-bond donors (Lipinski definition) is 2. The van der Waals surface area contributed by atoms with Crippen LogP contribution in [0.3, 0.4) is 0 Å². The third kappa shape index (κ3) is 2.96. The van der Waals surface area contributed by atoms with Crippen molar-refractivity contribution >= 4 is 11.8 Å². The lowest BCUT2D eigenvalue weighted by molar-refractivity contribution is 0.0360. The first kappa shape index (κ1) is 15.7. The first-order valence-electron chi connectivity index (χ1n) is 7.20. The summed E-state index contributed by atoms with van der Waals surface area (Å²) < 4.78 is 18.4. The van der Waals surface area contributed by atoms with E-state index in [9.17, 15) is 14.3 Å². The molecule has 0 radical (unpaired) electrons. The van der Waals surface area contributed by atoms with E-state index >= 15 is 0 Å². The number of ether oxygens (including phenoxy) is 1. The third-order valence-corrected chi connectivity index (χ3v) is 3.68. The Balaban J connectivity index is 2.03. The summed E-state index contributed by atoms with van der Waals surface area (Å²) in [5.41, 5.74) is 6.29. The van der Waals surface area contributed by atoms with Gasteiger partial charge >= 0.3 is 5.97 Å². The number of carbonyl (C=O) groups is 1. The van der Waals surface area contributed by atoms with E-state index < -0.39 is 18.2 Å². The highest BCUT2D eigenvalue weighted by atomic mass is 19.1. The van der Waals surface area contributed by atoms with Crippen molar-refractivity contribution in [2.45, 2.75) is 25.1 Å². The van der Waals surface area contributed by atoms with Crippen LogP contribution in [0.1, 0.15) is 28.8 Å². The SMILES string of the molecule is N#Cc1cccc(-c2nc(N)c(C(=O)O)c(O[C@H]3C[C@@H](F)C3)n2)c1. The molecule has 8 heteroatoms. The van der Waals surface area contributed by atoms with Gasteiger partial charge in [0.15, 0.2) is 11.4 Å². The van der Waals surface area contributed by atoms with Gasteiger partial charge in [0.25, 0.3) is 0 Å². The first-order chi connectivity index (χ1) is 11.5. The monoisotopic (exact) mass is 328 g/mol. The van der Waals surface area contributed by atoms with Crippen molar-refractivity contribution in [1.29, 1.82) is 5.26 Å². The number of nitrogen functional groups attached to an aromatic ring is 1. The molecule has 1 aromatic heterocycles. The van der Waals surface area contributed by atoms with Gasteiger partial charge < -0.3 is 15.6 Å². The average Bonchev–Trinajstić information content (AvgIpc) is 2.52. The smallest absolute Gasteiger partial charge is 0.345 e. The van der Waals surface area contributed by atoms with Gasteiger partial charge in [-0.15, -0.1) is 0 Å². The second-order valence-electron chi connectivity index (χ2n) is 5.42. The molecular formula is C16H13FN4O3. The van der Waals surface area contributed by atoms with E-state index in [-0.39, 0.29) is 35.9 Å². The van der Waals surface area contributed by atoms with Gasteiger partial charge in [0.05, 0.1) is 11.6 Å². The molecule has 0 unspecified atom stereocenters. The Labute approximate surface area is 136 Å². The summed E-state index contributed by atoms with van der Waals surface area (Å²) in [6.07, 6.45) is -1.02. The molecular weight excluding hydrogens is 315 g/mol. The number of carboxylic acids is 1. The largest absolute Gasteiger partial charge is 0.477 e. The molecule has 122 valence electrons. The third-order valence-electron chi connectivity index (χ3n) is 3.68. The molecule has 1 fully saturated rings. The van der Waals surface area contributed by atoms with Crippen LogP contribution in [0.2, 0.25) is 0 Å². The number of halogens is 1. The second-order valence-corrected chi connectivity index (χ2v) is 5.42. The zero-order valence-electron chi connectivity index (χ0n) is 12.4. The van der Waals surface area contributed by atoms with Gasteiger partial charge in [-0.1, -0.05) is 12.1 Å². The van der Waals surface area contributed by atoms with Gasteiger partial charge in [-0.3, -0.25) is 0 Å². The van der Waals surface area contributed by atoms with Gasteiger partial charge in [0.1, 0.15) is 18.1 Å². The molecule has 24 heavy (non-hydrogen) atoms. The molecule has 0 spiro atoms. The molecule has 0 saturated heterocycles. The lowest BCUT2D eigenvalue weighted by Gasteiger charge is -2.30. The minimum atomic E-state index is -1.32. The Morgan fingerprint density at radius 2 is 2.17 bits per heavy atom. The van der Waals surface area contributed by atoms with Crippen LogP contribution < -0.4 is 10.5 Å². The number of aromatic carboxylic acids is 1. The van der Waals surface area contributed by atoms with Gasteiger partial charge in [0.2, 0.25) is 5.88 Å². The first-order valence-corrected chi connectivity index (χ1v) is 7.20. The van der Waals surface area contributed by atoms with Crippen LogP contribution in [0, 0.1) is 11.3 Å². The van der Waals surface area contributed by atoms with E-state index in [1.165, 1.54) is 0 Å². The van der Waals surface area contributed by atoms with Crippen LogP contribution in [0.25, 0.3) is 11.4 Å². The molecule has 1 saturated carbocycles. The number of nitriles is 1. The van der Waals surface area contributed by atoms with Crippen LogP contribution in [0.15, 0.2) is 24.3 Å². The Kier molecular flexibility index (Phi) is 4.00. The van der Waals surface area contributed by atoms with Gasteiger partial charge in [-0.05, 0) is 12.1 Å². The maximum absolute atomic E-state index is 13.0. The predicted octanol–water partition coefficient (Wildman–Crippen LogP) is 2.17. The predicted molar refractivity (Wildman–Crippen MR) is 82.1 cm³/mol. The topological polar surface area (TPSA) is 122 Å². The number of alkyl halides is 1. The number of nitrogens with zero attached hydrogens (tertiary/aromatic N) is 3. The highest BCUT2D eigenvalue weighted by molar-refractivity contribution is 5.95. The molecule has 3 rings (SSSR count). The van der Waals surface area contributed by atoms with Crippen molar-refractivity contribution in [2.24, 2.45) is 0 Å². The summed E-state index contributed by atoms with van der Waals surface area (Å²) in [4.78, 5) is 19.5. The molecule has 1 aliphatic carbocycles.